The molecule has 0 amide bonds. The van der Waals surface area contributed by atoms with Crippen molar-refractivity contribution in [1.82, 2.24) is 5.32 Å². The standard InChI is InChI=1S/C20H33NO.BrH/c1-2-3-4-5-6-7-8-9-15-21-18-14-13-17-11-10-12-20(22)19(17)16-18;/h10-12,18,21-22H,2-9,13-16H2,1H3;1H. The van der Waals surface area contributed by atoms with Crippen molar-refractivity contribution in [3.8, 4) is 5.75 Å². The molecule has 0 aromatic heterocycles. The van der Waals surface area contributed by atoms with Gasteiger partial charge in [0.2, 0.25) is 0 Å². The first-order valence-corrected chi connectivity index (χ1v) is 9.34. The number of halogens is 1. The first-order chi connectivity index (χ1) is 10.8. The highest BCUT2D eigenvalue weighted by Gasteiger charge is 2.20. The van der Waals surface area contributed by atoms with Crippen LogP contribution in [0.1, 0.15) is 75.8 Å². The van der Waals surface area contributed by atoms with Crippen molar-refractivity contribution in [1.29, 1.82) is 0 Å². The number of phenolic OH excluding ortho intramolecular Hbond substituents is 1. The van der Waals surface area contributed by atoms with Gasteiger partial charge in [0, 0.05) is 6.04 Å². The molecule has 23 heavy (non-hydrogen) atoms. The van der Waals surface area contributed by atoms with Gasteiger partial charge in [-0.2, -0.15) is 0 Å². The second-order valence-corrected chi connectivity index (χ2v) is 6.78. The van der Waals surface area contributed by atoms with E-state index in [0.717, 1.165) is 19.4 Å². The summed E-state index contributed by atoms with van der Waals surface area (Å²) in [7, 11) is 0. The lowest BCUT2D eigenvalue weighted by Crippen LogP contribution is -2.35. The van der Waals surface area contributed by atoms with Crippen LogP contribution in [0.4, 0.5) is 0 Å². The fraction of sp³-hybridized carbons (Fsp3) is 0.700. The molecule has 1 aromatic carbocycles. The zero-order valence-corrected chi connectivity index (χ0v) is 16.4. The molecule has 3 heteroatoms. The van der Waals surface area contributed by atoms with Crippen LogP contribution in [0.15, 0.2) is 18.2 Å². The van der Waals surface area contributed by atoms with E-state index < -0.39 is 0 Å². The SMILES string of the molecule is Br.CCCCCCCCCCNC1CCc2cccc(O)c2C1. The predicted molar refractivity (Wildman–Crippen MR) is 105 cm³/mol. The molecule has 1 aliphatic rings. The minimum Gasteiger partial charge on any atom is -0.508 e. The van der Waals surface area contributed by atoms with Crippen molar-refractivity contribution in [2.75, 3.05) is 6.54 Å². The lowest BCUT2D eigenvalue weighted by atomic mass is 9.87. The van der Waals surface area contributed by atoms with Gasteiger partial charge >= 0.3 is 0 Å². The normalized spacial score (nSPS) is 16.7. The Morgan fingerprint density at radius 2 is 1.74 bits per heavy atom. The summed E-state index contributed by atoms with van der Waals surface area (Å²) < 4.78 is 0. The number of rotatable bonds is 10. The summed E-state index contributed by atoms with van der Waals surface area (Å²) in [5.41, 5.74) is 2.51. The van der Waals surface area contributed by atoms with Crippen LogP contribution >= 0.6 is 17.0 Å². The number of hydrogen-bond acceptors (Lipinski definition) is 2. The Bertz CT molecular complexity index is 436. The molecule has 1 atom stereocenters. The van der Waals surface area contributed by atoms with E-state index in [4.69, 9.17) is 0 Å². The number of fused-ring (bicyclic) bond motifs is 1. The Morgan fingerprint density at radius 1 is 1.04 bits per heavy atom. The first-order valence-electron chi connectivity index (χ1n) is 9.34. The minimum absolute atomic E-state index is 0. The van der Waals surface area contributed by atoms with E-state index in [2.05, 4.69) is 18.3 Å². The van der Waals surface area contributed by atoms with E-state index in [9.17, 15) is 5.11 Å². The average Bonchev–Trinajstić information content (AvgIpc) is 2.54. The van der Waals surface area contributed by atoms with Gasteiger partial charge in [-0.25, -0.2) is 0 Å². The lowest BCUT2D eigenvalue weighted by molar-refractivity contribution is 0.421. The largest absolute Gasteiger partial charge is 0.508 e. The summed E-state index contributed by atoms with van der Waals surface area (Å²) in [6.07, 6.45) is 14.3. The Morgan fingerprint density at radius 3 is 2.48 bits per heavy atom. The zero-order valence-electron chi connectivity index (χ0n) is 14.7. The molecule has 132 valence electrons. The molecule has 1 unspecified atom stereocenters. The van der Waals surface area contributed by atoms with Crippen LogP contribution in [0.3, 0.4) is 0 Å². The summed E-state index contributed by atoms with van der Waals surface area (Å²) in [6.45, 7) is 3.40. The molecule has 2 N–H and O–H groups in total. The van der Waals surface area contributed by atoms with Crippen molar-refractivity contribution in [3.63, 3.8) is 0 Å². The predicted octanol–water partition coefficient (Wildman–Crippen LogP) is 5.56. The maximum Gasteiger partial charge on any atom is 0.119 e. The lowest BCUT2D eigenvalue weighted by Gasteiger charge is -2.26. The molecular formula is C20H34BrNO. The van der Waals surface area contributed by atoms with Gasteiger partial charge in [0.05, 0.1) is 0 Å². The highest BCUT2D eigenvalue weighted by molar-refractivity contribution is 8.93. The van der Waals surface area contributed by atoms with Crippen LogP contribution in [0.5, 0.6) is 5.75 Å². The van der Waals surface area contributed by atoms with Crippen molar-refractivity contribution in [2.45, 2.75) is 83.6 Å². The highest BCUT2D eigenvalue weighted by atomic mass is 79.9. The quantitative estimate of drug-likeness (QED) is 0.518. The molecule has 0 aliphatic heterocycles. The van der Waals surface area contributed by atoms with Gasteiger partial charge in [-0.3, -0.25) is 0 Å². The minimum atomic E-state index is 0. The van der Waals surface area contributed by atoms with Crippen molar-refractivity contribution >= 4 is 17.0 Å². The second-order valence-electron chi connectivity index (χ2n) is 6.78. The first kappa shape index (κ1) is 20.5. The Kier molecular flexibility index (Phi) is 10.6. The number of aryl methyl sites for hydroxylation is 1. The van der Waals surface area contributed by atoms with E-state index >= 15 is 0 Å². The summed E-state index contributed by atoms with van der Waals surface area (Å²) in [5, 5.41) is 13.7. The van der Waals surface area contributed by atoms with Crippen LogP contribution in [-0.2, 0) is 12.8 Å². The molecule has 1 aromatic rings. The van der Waals surface area contributed by atoms with E-state index in [1.807, 2.05) is 12.1 Å². The summed E-state index contributed by atoms with van der Waals surface area (Å²) in [5.74, 6) is 0.482. The smallest absolute Gasteiger partial charge is 0.119 e. The van der Waals surface area contributed by atoms with Crippen molar-refractivity contribution < 1.29 is 5.11 Å². The van der Waals surface area contributed by atoms with Gasteiger partial charge in [-0.05, 0) is 49.4 Å². The van der Waals surface area contributed by atoms with Crippen LogP contribution in [0.25, 0.3) is 0 Å². The van der Waals surface area contributed by atoms with Crippen LogP contribution < -0.4 is 5.32 Å². The van der Waals surface area contributed by atoms with E-state index in [-0.39, 0.29) is 17.0 Å². The summed E-state index contributed by atoms with van der Waals surface area (Å²) in [4.78, 5) is 0. The fourth-order valence-electron chi connectivity index (χ4n) is 3.51. The number of hydrogen-bond donors (Lipinski definition) is 2. The zero-order chi connectivity index (χ0) is 15.6. The topological polar surface area (TPSA) is 32.3 Å². The monoisotopic (exact) mass is 383 g/mol. The van der Waals surface area contributed by atoms with Crippen LogP contribution in [0.2, 0.25) is 0 Å². The van der Waals surface area contributed by atoms with Gasteiger partial charge in [-0.1, -0.05) is 64.0 Å². The van der Waals surface area contributed by atoms with E-state index in [0.29, 0.717) is 11.8 Å². The van der Waals surface area contributed by atoms with Crippen molar-refractivity contribution in [2.24, 2.45) is 0 Å². The molecular weight excluding hydrogens is 350 g/mol. The molecule has 0 heterocycles. The third-order valence-electron chi connectivity index (χ3n) is 4.92. The van der Waals surface area contributed by atoms with Gasteiger partial charge in [0.25, 0.3) is 0 Å². The number of nitrogens with one attached hydrogen (secondary N) is 1. The average molecular weight is 384 g/mol. The highest BCUT2D eigenvalue weighted by Crippen LogP contribution is 2.28. The maximum atomic E-state index is 9.98. The van der Waals surface area contributed by atoms with Gasteiger partial charge < -0.3 is 10.4 Å². The molecule has 0 radical (unpaired) electrons. The summed E-state index contributed by atoms with van der Waals surface area (Å²) >= 11 is 0. The third kappa shape index (κ3) is 7.26. The number of aromatic hydroxyl groups is 1. The van der Waals surface area contributed by atoms with E-state index in [1.54, 1.807) is 0 Å². The van der Waals surface area contributed by atoms with Crippen LogP contribution in [-0.4, -0.2) is 17.7 Å². The molecule has 0 bridgehead atoms. The molecule has 0 spiro atoms. The Hall–Kier alpha value is -0.540. The number of unbranched alkanes of at least 4 members (excludes halogenated alkanes) is 7. The number of phenols is 1. The Balaban J connectivity index is 0.00000264. The molecule has 2 nitrogen and oxygen atoms in total. The molecule has 0 fully saturated rings. The molecule has 0 saturated carbocycles. The van der Waals surface area contributed by atoms with Gasteiger partial charge in [0.1, 0.15) is 5.75 Å². The second kappa shape index (κ2) is 11.9. The molecule has 2 rings (SSSR count). The van der Waals surface area contributed by atoms with Crippen LogP contribution in [0, 0.1) is 0 Å². The van der Waals surface area contributed by atoms with Crippen molar-refractivity contribution in [3.05, 3.63) is 29.3 Å². The summed E-state index contributed by atoms with van der Waals surface area (Å²) in [6, 6.07) is 6.48. The van der Waals surface area contributed by atoms with Gasteiger partial charge in [-0.15, -0.1) is 17.0 Å². The van der Waals surface area contributed by atoms with E-state index in [1.165, 1.54) is 68.9 Å². The molecule has 1 aliphatic carbocycles. The molecule has 0 saturated heterocycles. The number of benzene rings is 1. The Labute approximate surface area is 152 Å². The third-order valence-corrected chi connectivity index (χ3v) is 4.92. The van der Waals surface area contributed by atoms with Gasteiger partial charge in [0.15, 0.2) is 0 Å². The fourth-order valence-corrected chi connectivity index (χ4v) is 3.51. The maximum absolute atomic E-state index is 9.98.